The minimum absolute atomic E-state index is 0.112. The summed E-state index contributed by atoms with van der Waals surface area (Å²) in [6, 6.07) is 7.41. The number of rotatable bonds is 23. The van der Waals surface area contributed by atoms with Crippen LogP contribution in [0.4, 0.5) is 5.69 Å². The van der Waals surface area contributed by atoms with Crippen LogP contribution >= 0.6 is 11.6 Å². The van der Waals surface area contributed by atoms with Crippen LogP contribution in [0.25, 0.3) is 5.65 Å². The first-order valence-electron chi connectivity index (χ1n) is 18.5. The molecule has 1 aliphatic rings. The molecule has 11 heteroatoms. The molecule has 0 saturated heterocycles. The summed E-state index contributed by atoms with van der Waals surface area (Å²) < 4.78 is 8.33. The van der Waals surface area contributed by atoms with Crippen LogP contribution in [0.2, 0.25) is 5.02 Å². The number of hydrogen-bond donors (Lipinski definition) is 3. The SMILES string of the molecule is CCCCCCCCCCCCC(Oc1ccc(NOOCCCC)cc1)C(=O)NC(C)(C)C1(c2nnc3c(Cl)c(C)[nH]n23)CCCC1. The molecular formula is C37H59ClN6O4. The van der Waals surface area contributed by atoms with E-state index in [1.54, 1.807) is 0 Å². The zero-order valence-corrected chi connectivity index (χ0v) is 30.7. The van der Waals surface area contributed by atoms with Gasteiger partial charge in [-0.25, -0.2) is 14.9 Å². The van der Waals surface area contributed by atoms with Gasteiger partial charge in [-0.2, -0.15) is 0 Å². The van der Waals surface area contributed by atoms with E-state index in [1.165, 1.54) is 51.4 Å². The van der Waals surface area contributed by atoms with Gasteiger partial charge in [0.15, 0.2) is 17.6 Å². The van der Waals surface area contributed by atoms with Crippen molar-refractivity contribution in [1.82, 2.24) is 25.1 Å². The Balaban J connectivity index is 1.42. The lowest BCUT2D eigenvalue weighted by molar-refractivity contribution is -0.272. The number of carbonyl (C=O) groups excluding carboxylic acids is 1. The van der Waals surface area contributed by atoms with Crippen LogP contribution in [-0.4, -0.2) is 44.0 Å². The third-order valence-corrected chi connectivity index (χ3v) is 10.5. The summed E-state index contributed by atoms with van der Waals surface area (Å²) in [6.45, 7) is 11.0. The third-order valence-electron chi connectivity index (χ3n) is 10.0. The molecule has 10 nitrogen and oxygen atoms in total. The smallest absolute Gasteiger partial charge is 0.261 e. The highest BCUT2D eigenvalue weighted by molar-refractivity contribution is 6.34. The second-order valence-corrected chi connectivity index (χ2v) is 14.5. The summed E-state index contributed by atoms with van der Waals surface area (Å²) >= 11 is 6.53. The Kier molecular flexibility index (Phi) is 14.9. The van der Waals surface area contributed by atoms with Crippen molar-refractivity contribution in [2.45, 2.75) is 161 Å². The molecule has 1 aromatic carbocycles. The standard InChI is InChI=1S/C37H59ClN6O4/c1-6-8-10-11-12-13-14-15-16-17-20-31(47-30-23-21-29(22-24-30)43-48-46-27-9-7-2)34(45)39-36(4,5)37(25-18-19-26-37)35-41-40-33-32(38)28(3)42-44(33)35/h21-24,31,42-43H,6-20,25-27H2,1-5H3,(H,39,45). The first-order chi connectivity index (χ1) is 23.2. The van der Waals surface area contributed by atoms with Crippen LogP contribution in [0.1, 0.15) is 148 Å². The van der Waals surface area contributed by atoms with Crippen LogP contribution in [-0.2, 0) is 20.1 Å². The fourth-order valence-electron chi connectivity index (χ4n) is 6.99. The summed E-state index contributed by atoms with van der Waals surface area (Å²) in [5.41, 5.74) is 3.95. The van der Waals surface area contributed by atoms with E-state index in [4.69, 9.17) is 26.2 Å². The summed E-state index contributed by atoms with van der Waals surface area (Å²) in [6.07, 6.45) is 18.2. The molecule has 1 unspecified atom stereocenters. The molecule has 1 atom stereocenters. The molecule has 1 aliphatic carbocycles. The van der Waals surface area contributed by atoms with Crippen molar-refractivity contribution in [2.24, 2.45) is 0 Å². The number of aryl methyl sites for hydroxylation is 1. The van der Waals surface area contributed by atoms with Crippen molar-refractivity contribution >= 4 is 28.8 Å². The molecule has 268 valence electrons. The molecule has 0 spiro atoms. The monoisotopic (exact) mass is 686 g/mol. The van der Waals surface area contributed by atoms with Gasteiger partial charge in [0.25, 0.3) is 5.91 Å². The lowest BCUT2D eigenvalue weighted by Gasteiger charge is -2.44. The highest BCUT2D eigenvalue weighted by Gasteiger charge is 2.53. The Morgan fingerprint density at radius 2 is 1.58 bits per heavy atom. The molecule has 1 fully saturated rings. The minimum atomic E-state index is -0.634. The number of aromatic amines is 1. The number of ether oxygens (including phenoxy) is 1. The van der Waals surface area contributed by atoms with Crippen molar-refractivity contribution in [2.75, 3.05) is 12.1 Å². The topological polar surface area (TPSA) is 115 Å². The number of nitrogens with zero attached hydrogens (tertiary/aromatic N) is 3. The van der Waals surface area contributed by atoms with E-state index >= 15 is 0 Å². The number of nitrogens with one attached hydrogen (secondary N) is 3. The maximum absolute atomic E-state index is 14.2. The number of fused-ring (bicyclic) bond motifs is 1. The average molecular weight is 687 g/mol. The summed E-state index contributed by atoms with van der Waals surface area (Å²) in [4.78, 5) is 24.4. The lowest BCUT2D eigenvalue weighted by atomic mass is 9.69. The largest absolute Gasteiger partial charge is 0.481 e. The van der Waals surface area contributed by atoms with Crippen molar-refractivity contribution in [3.05, 3.63) is 40.8 Å². The maximum Gasteiger partial charge on any atom is 0.261 e. The van der Waals surface area contributed by atoms with Gasteiger partial charge in [0.05, 0.1) is 23.4 Å². The van der Waals surface area contributed by atoms with E-state index in [0.29, 0.717) is 29.4 Å². The Bertz CT molecular complexity index is 1380. The van der Waals surface area contributed by atoms with Gasteiger partial charge < -0.3 is 10.1 Å². The molecule has 3 N–H and O–H groups in total. The highest BCUT2D eigenvalue weighted by atomic mass is 35.5. The molecule has 2 heterocycles. The minimum Gasteiger partial charge on any atom is -0.481 e. The number of benzene rings is 1. The number of aromatic nitrogens is 4. The first kappa shape index (κ1) is 38.0. The molecule has 0 aliphatic heterocycles. The Morgan fingerprint density at radius 3 is 2.23 bits per heavy atom. The number of hydrogen-bond acceptors (Lipinski definition) is 7. The van der Waals surface area contributed by atoms with Crippen LogP contribution < -0.4 is 15.5 Å². The molecular weight excluding hydrogens is 628 g/mol. The van der Waals surface area contributed by atoms with Crippen molar-refractivity contribution < 1.29 is 19.4 Å². The van der Waals surface area contributed by atoms with Gasteiger partial charge in [-0.05, 0) is 77.1 Å². The summed E-state index contributed by atoms with van der Waals surface area (Å²) in [5.74, 6) is 1.33. The van der Waals surface area contributed by atoms with Gasteiger partial charge in [0.2, 0.25) is 0 Å². The summed E-state index contributed by atoms with van der Waals surface area (Å²) in [5, 5.41) is 16.4. The van der Waals surface area contributed by atoms with E-state index in [9.17, 15) is 4.79 Å². The van der Waals surface area contributed by atoms with E-state index in [2.05, 4.69) is 53.8 Å². The zero-order chi connectivity index (χ0) is 34.4. The predicted molar refractivity (Wildman–Crippen MR) is 192 cm³/mol. The Morgan fingerprint density at radius 1 is 0.958 bits per heavy atom. The van der Waals surface area contributed by atoms with Gasteiger partial charge in [0.1, 0.15) is 10.8 Å². The normalized spacial score (nSPS) is 15.2. The van der Waals surface area contributed by atoms with Gasteiger partial charge in [-0.3, -0.25) is 9.89 Å². The Hall–Kier alpha value is -2.82. The van der Waals surface area contributed by atoms with Crippen molar-refractivity contribution in [3.63, 3.8) is 0 Å². The number of carbonyl (C=O) groups is 1. The second kappa shape index (κ2) is 18.8. The number of unbranched alkanes of at least 4 members (excludes halogenated alkanes) is 10. The fourth-order valence-corrected chi connectivity index (χ4v) is 7.16. The maximum atomic E-state index is 14.2. The van der Waals surface area contributed by atoms with E-state index < -0.39 is 17.1 Å². The molecule has 4 rings (SSSR count). The van der Waals surface area contributed by atoms with E-state index in [0.717, 1.165) is 68.6 Å². The summed E-state index contributed by atoms with van der Waals surface area (Å²) in [7, 11) is 0. The Labute approximate surface area is 292 Å². The molecule has 0 radical (unpaired) electrons. The van der Waals surface area contributed by atoms with Gasteiger partial charge in [-0.15, -0.1) is 15.2 Å². The molecule has 1 amide bonds. The zero-order valence-electron chi connectivity index (χ0n) is 30.0. The fraction of sp³-hybridized carbons (Fsp3) is 0.703. The highest BCUT2D eigenvalue weighted by Crippen LogP contribution is 2.48. The number of anilines is 1. The van der Waals surface area contributed by atoms with Crippen LogP contribution in [0.3, 0.4) is 0 Å². The third kappa shape index (κ3) is 9.88. The van der Waals surface area contributed by atoms with Crippen LogP contribution in [0.5, 0.6) is 5.75 Å². The quantitative estimate of drug-likeness (QED) is 0.0517. The van der Waals surface area contributed by atoms with Crippen LogP contribution in [0.15, 0.2) is 24.3 Å². The average Bonchev–Trinajstić information content (AvgIpc) is 3.80. The van der Waals surface area contributed by atoms with Crippen LogP contribution in [0, 0.1) is 6.92 Å². The number of halogens is 1. The first-order valence-corrected chi connectivity index (χ1v) is 18.8. The van der Waals surface area contributed by atoms with Crippen molar-refractivity contribution in [1.29, 1.82) is 0 Å². The van der Waals surface area contributed by atoms with Gasteiger partial charge in [0, 0.05) is 5.54 Å². The van der Waals surface area contributed by atoms with Gasteiger partial charge in [-0.1, -0.05) is 102 Å². The van der Waals surface area contributed by atoms with Gasteiger partial charge >= 0.3 is 0 Å². The number of amides is 1. The molecule has 2 aromatic heterocycles. The molecule has 3 aromatic rings. The molecule has 0 bridgehead atoms. The van der Waals surface area contributed by atoms with Crippen molar-refractivity contribution in [3.8, 4) is 5.75 Å². The number of H-pyrrole nitrogens is 1. The molecule has 1 saturated carbocycles. The lowest BCUT2D eigenvalue weighted by Crippen LogP contribution is -2.60. The predicted octanol–water partition coefficient (Wildman–Crippen LogP) is 9.56. The van der Waals surface area contributed by atoms with E-state index in [1.807, 2.05) is 35.7 Å². The second-order valence-electron chi connectivity index (χ2n) is 14.1. The van der Waals surface area contributed by atoms with E-state index in [-0.39, 0.29) is 5.91 Å². The molecule has 48 heavy (non-hydrogen) atoms.